The predicted molar refractivity (Wildman–Crippen MR) is 147 cm³/mol. The number of alkyl halides is 3. The van der Waals surface area contributed by atoms with Crippen LogP contribution in [0, 0.1) is 20.8 Å². The second-order valence-corrected chi connectivity index (χ2v) is 13.2. The van der Waals surface area contributed by atoms with Crippen molar-refractivity contribution in [3.63, 3.8) is 0 Å². The van der Waals surface area contributed by atoms with Crippen LogP contribution in [0.3, 0.4) is 0 Å². The Labute approximate surface area is 245 Å². The number of carboxylic acid groups (broad SMARTS) is 1. The first-order valence-electron chi connectivity index (χ1n) is 13.6. The Kier molecular flexibility index (Phi) is 6.77. The molecule has 1 fully saturated rings. The second kappa shape index (κ2) is 10.0. The highest BCUT2D eigenvalue weighted by Gasteiger charge is 2.52. The van der Waals surface area contributed by atoms with Crippen molar-refractivity contribution in [3.8, 4) is 5.88 Å². The molecule has 2 aliphatic rings. The van der Waals surface area contributed by atoms with E-state index in [-0.39, 0.29) is 35.9 Å². The fraction of sp³-hybridized carbons (Fsp3) is 0.379. The van der Waals surface area contributed by atoms with Crippen molar-refractivity contribution in [1.29, 1.82) is 0 Å². The molecule has 43 heavy (non-hydrogen) atoms. The molecule has 1 spiro atoms. The minimum Gasteiger partial charge on any atom is -0.481 e. The molecule has 1 saturated carbocycles. The van der Waals surface area contributed by atoms with Gasteiger partial charge < -0.3 is 9.84 Å². The summed E-state index contributed by atoms with van der Waals surface area (Å²) in [4.78, 5) is 16.3. The quantitative estimate of drug-likeness (QED) is 0.328. The third-order valence-electron chi connectivity index (χ3n) is 8.16. The largest absolute Gasteiger partial charge is 0.481 e. The van der Waals surface area contributed by atoms with Crippen molar-refractivity contribution < 1.29 is 36.2 Å². The number of ether oxygens (including phenoxy) is 1. The average molecular weight is 616 g/mol. The molecule has 226 valence electrons. The van der Waals surface area contributed by atoms with Gasteiger partial charge in [-0.15, -0.1) is 10.2 Å². The van der Waals surface area contributed by atoms with Gasteiger partial charge in [0.2, 0.25) is 21.7 Å². The lowest BCUT2D eigenvalue weighted by molar-refractivity contribution is -0.145. The molecule has 0 unspecified atom stereocenters. The van der Waals surface area contributed by atoms with E-state index in [1.807, 2.05) is 6.92 Å². The van der Waals surface area contributed by atoms with E-state index in [4.69, 9.17) is 4.74 Å². The van der Waals surface area contributed by atoms with E-state index >= 15 is 0 Å². The molecule has 3 aromatic heterocycles. The Morgan fingerprint density at radius 3 is 2.56 bits per heavy atom. The van der Waals surface area contributed by atoms with Crippen LogP contribution in [0.15, 0.2) is 47.6 Å². The average Bonchev–Trinajstić information content (AvgIpc) is 3.54. The number of aryl methyl sites for hydroxylation is 3. The molecule has 6 rings (SSSR count). The van der Waals surface area contributed by atoms with Crippen molar-refractivity contribution >= 4 is 21.6 Å². The zero-order chi connectivity index (χ0) is 30.9. The molecular weight excluding hydrogens is 587 g/mol. The van der Waals surface area contributed by atoms with E-state index in [1.54, 1.807) is 44.3 Å². The van der Waals surface area contributed by atoms with Gasteiger partial charge in [0.05, 0.1) is 13.0 Å². The first-order valence-corrected chi connectivity index (χ1v) is 15.0. The highest BCUT2D eigenvalue weighted by molar-refractivity contribution is 7.89. The van der Waals surface area contributed by atoms with Crippen molar-refractivity contribution in [3.05, 3.63) is 81.9 Å². The number of fused-ring (bicyclic) bond motifs is 2. The second-order valence-electron chi connectivity index (χ2n) is 11.3. The van der Waals surface area contributed by atoms with E-state index in [1.165, 1.54) is 16.6 Å². The van der Waals surface area contributed by atoms with E-state index < -0.39 is 39.5 Å². The number of nitrogens with zero attached hydrogens (tertiary/aromatic N) is 5. The standard InChI is InChI=1S/C29H28F3N5O5S/c1-16-10-23-26(33-13-16)42-28(7-8-28)15-36(43(23,40)41)14-20-11-19(5-4-17(20)2)22(12-24(38)39)21-6-9-37-25(18(21)3)34-35-27(37)29(30,31)32/h4-6,9-11,13,22H,7-8,12,14-15H2,1-3H3,(H,38,39)/t22-/m0/s1. The van der Waals surface area contributed by atoms with E-state index in [9.17, 15) is 31.5 Å². The molecule has 0 radical (unpaired) electrons. The van der Waals surface area contributed by atoms with Gasteiger partial charge in [-0.25, -0.2) is 13.4 Å². The summed E-state index contributed by atoms with van der Waals surface area (Å²) in [5.41, 5.74) is 2.87. The topological polar surface area (TPSA) is 127 Å². The van der Waals surface area contributed by atoms with Crippen LogP contribution in [-0.4, -0.2) is 55.5 Å². The molecule has 14 heteroatoms. The number of benzene rings is 1. The molecule has 0 bridgehead atoms. The fourth-order valence-corrected chi connectivity index (χ4v) is 7.28. The molecule has 4 heterocycles. The molecule has 1 N–H and O–H groups in total. The summed E-state index contributed by atoms with van der Waals surface area (Å²) in [5, 5.41) is 16.8. The van der Waals surface area contributed by atoms with Gasteiger partial charge in [-0.1, -0.05) is 18.2 Å². The lowest BCUT2D eigenvalue weighted by atomic mass is 9.85. The lowest BCUT2D eigenvalue weighted by Gasteiger charge is -2.25. The highest BCUT2D eigenvalue weighted by Crippen LogP contribution is 2.46. The maximum atomic E-state index is 13.9. The van der Waals surface area contributed by atoms with Crippen LogP contribution in [-0.2, 0) is 27.5 Å². The van der Waals surface area contributed by atoms with E-state index in [2.05, 4.69) is 15.2 Å². The van der Waals surface area contributed by atoms with Crippen LogP contribution >= 0.6 is 0 Å². The molecule has 0 saturated heterocycles. The molecule has 10 nitrogen and oxygen atoms in total. The number of hydrogen-bond acceptors (Lipinski definition) is 7. The summed E-state index contributed by atoms with van der Waals surface area (Å²) in [6, 6.07) is 8.32. The van der Waals surface area contributed by atoms with Crippen molar-refractivity contribution in [2.24, 2.45) is 0 Å². The molecule has 4 aromatic rings. The number of carboxylic acids is 1. The zero-order valence-electron chi connectivity index (χ0n) is 23.5. The number of carbonyl (C=O) groups is 1. The third-order valence-corrected chi connectivity index (χ3v) is 9.94. The number of halogens is 3. The van der Waals surface area contributed by atoms with Crippen LogP contribution in [0.4, 0.5) is 13.2 Å². The number of hydrogen-bond donors (Lipinski definition) is 1. The number of sulfonamides is 1. The molecular formula is C29H28F3N5O5S. The monoisotopic (exact) mass is 615 g/mol. The Hall–Kier alpha value is -4.04. The summed E-state index contributed by atoms with van der Waals surface area (Å²) >= 11 is 0. The van der Waals surface area contributed by atoms with Gasteiger partial charge >= 0.3 is 12.1 Å². The smallest absolute Gasteiger partial charge is 0.452 e. The van der Waals surface area contributed by atoms with Crippen LogP contribution in [0.1, 0.15) is 64.4 Å². The van der Waals surface area contributed by atoms with Crippen LogP contribution in [0.5, 0.6) is 5.88 Å². The summed E-state index contributed by atoms with van der Waals surface area (Å²) in [6.45, 7) is 5.32. The number of pyridine rings is 2. The van der Waals surface area contributed by atoms with Gasteiger partial charge in [0.15, 0.2) is 5.65 Å². The molecule has 1 atom stereocenters. The summed E-state index contributed by atoms with van der Waals surface area (Å²) < 4.78 is 76.3. The van der Waals surface area contributed by atoms with Gasteiger partial charge in [-0.05, 0) is 79.1 Å². The van der Waals surface area contributed by atoms with Crippen molar-refractivity contribution in [1.82, 2.24) is 23.9 Å². The molecule has 1 aromatic carbocycles. The summed E-state index contributed by atoms with van der Waals surface area (Å²) in [5.74, 6) is -2.94. The third kappa shape index (κ3) is 5.22. The predicted octanol–water partition coefficient (Wildman–Crippen LogP) is 4.79. The minimum absolute atomic E-state index is 0.00398. The number of rotatable bonds is 6. The Bertz CT molecular complexity index is 1890. The van der Waals surface area contributed by atoms with Crippen LogP contribution in [0.2, 0.25) is 0 Å². The maximum absolute atomic E-state index is 13.9. The van der Waals surface area contributed by atoms with Gasteiger partial charge in [0.25, 0.3) is 0 Å². The minimum atomic E-state index is -4.72. The first-order chi connectivity index (χ1) is 20.2. The Balaban J connectivity index is 1.40. The zero-order valence-corrected chi connectivity index (χ0v) is 24.3. The van der Waals surface area contributed by atoms with Crippen LogP contribution in [0.25, 0.3) is 5.65 Å². The van der Waals surface area contributed by atoms with Gasteiger partial charge in [0.1, 0.15) is 10.5 Å². The van der Waals surface area contributed by atoms with Gasteiger partial charge in [-0.2, -0.15) is 17.5 Å². The molecule has 0 amide bonds. The van der Waals surface area contributed by atoms with Crippen molar-refractivity contribution in [2.75, 3.05) is 6.54 Å². The van der Waals surface area contributed by atoms with E-state index in [0.29, 0.717) is 40.7 Å². The highest BCUT2D eigenvalue weighted by atomic mass is 32.2. The van der Waals surface area contributed by atoms with Crippen LogP contribution < -0.4 is 4.74 Å². The molecule has 1 aliphatic heterocycles. The molecule has 1 aliphatic carbocycles. The number of aliphatic carboxylic acids is 1. The van der Waals surface area contributed by atoms with E-state index in [0.717, 1.165) is 9.96 Å². The van der Waals surface area contributed by atoms with Gasteiger partial charge in [-0.3, -0.25) is 9.20 Å². The lowest BCUT2D eigenvalue weighted by Crippen LogP contribution is -2.38. The normalized spacial score (nSPS) is 18.2. The maximum Gasteiger partial charge on any atom is 0.452 e. The fourth-order valence-electron chi connectivity index (χ4n) is 5.63. The Morgan fingerprint density at radius 1 is 1.14 bits per heavy atom. The number of aromatic nitrogens is 4. The summed E-state index contributed by atoms with van der Waals surface area (Å²) in [7, 11) is -3.99. The van der Waals surface area contributed by atoms with Gasteiger partial charge in [0, 0.05) is 24.9 Å². The SMILES string of the molecule is Cc1cnc2c(c1)S(=O)(=O)N(Cc1cc([C@H](CC(=O)O)c3ccn4c(C(F)(F)F)nnc4c3C)ccc1C)CC1(CC1)O2. The Morgan fingerprint density at radius 2 is 1.88 bits per heavy atom. The summed E-state index contributed by atoms with van der Waals surface area (Å²) in [6.07, 6.45) is -0.929. The first kappa shape index (κ1) is 29.1. The van der Waals surface area contributed by atoms with Crippen molar-refractivity contribution in [2.45, 2.75) is 69.2 Å².